The number of hydrogen-bond acceptors (Lipinski definition) is 1. The van der Waals surface area contributed by atoms with Gasteiger partial charge in [-0.2, -0.15) is 0 Å². The van der Waals surface area contributed by atoms with Crippen molar-refractivity contribution in [2.75, 3.05) is 13.1 Å². The first-order valence-electron chi connectivity index (χ1n) is 5.58. The van der Waals surface area contributed by atoms with Crippen LogP contribution in [0.4, 0.5) is 0 Å². The molecule has 1 aliphatic rings. The minimum absolute atomic E-state index is 0.0437. The predicted octanol–water partition coefficient (Wildman–Crippen LogP) is 2.77. The fraction of sp³-hybridized carbons (Fsp3) is 0.750. The van der Waals surface area contributed by atoms with Crippen molar-refractivity contribution in [3.8, 4) is 10.8 Å². The van der Waals surface area contributed by atoms with Crippen LogP contribution >= 0.6 is 15.9 Å². The Morgan fingerprint density at radius 2 is 2.13 bits per heavy atom. The maximum absolute atomic E-state index is 11.6. The number of hydrogen-bond donors (Lipinski definition) is 0. The van der Waals surface area contributed by atoms with Crippen LogP contribution in [0.15, 0.2) is 0 Å². The summed E-state index contributed by atoms with van der Waals surface area (Å²) in [7, 11) is 0. The predicted molar refractivity (Wildman–Crippen MR) is 65.5 cm³/mol. The summed E-state index contributed by atoms with van der Waals surface area (Å²) in [5.74, 6) is 2.51. The topological polar surface area (TPSA) is 20.3 Å². The molecule has 0 aromatic rings. The van der Waals surface area contributed by atoms with Gasteiger partial charge in [0.1, 0.15) is 0 Å². The van der Waals surface area contributed by atoms with Gasteiger partial charge in [0.25, 0.3) is 5.91 Å². The van der Waals surface area contributed by atoms with E-state index in [1.807, 2.05) is 4.90 Å². The fourth-order valence-corrected chi connectivity index (χ4v) is 2.50. The third-order valence-corrected chi connectivity index (χ3v) is 3.80. The lowest BCUT2D eigenvalue weighted by molar-refractivity contribution is -0.128. The highest BCUT2D eigenvalue weighted by atomic mass is 79.9. The Balaban J connectivity index is 2.69. The highest BCUT2D eigenvalue weighted by Crippen LogP contribution is 2.36. The van der Waals surface area contributed by atoms with Crippen molar-refractivity contribution in [2.45, 2.75) is 39.5 Å². The van der Waals surface area contributed by atoms with Gasteiger partial charge in [-0.05, 0) is 35.9 Å². The SMILES string of the molecule is CCC1(CC)CCCN(C(=O)C#CBr)C1. The number of nitrogens with zero attached hydrogens (tertiary/aromatic N) is 1. The minimum Gasteiger partial charge on any atom is -0.331 e. The second-order valence-corrected chi connectivity index (χ2v) is 4.65. The number of amides is 1. The number of rotatable bonds is 2. The molecule has 0 N–H and O–H groups in total. The van der Waals surface area contributed by atoms with Crippen LogP contribution in [0.5, 0.6) is 0 Å². The summed E-state index contributed by atoms with van der Waals surface area (Å²) in [5, 5.41) is 0. The van der Waals surface area contributed by atoms with E-state index in [0.717, 1.165) is 32.4 Å². The van der Waals surface area contributed by atoms with Gasteiger partial charge in [-0.1, -0.05) is 13.8 Å². The van der Waals surface area contributed by atoms with Crippen molar-refractivity contribution in [1.82, 2.24) is 4.90 Å². The van der Waals surface area contributed by atoms with E-state index >= 15 is 0 Å². The van der Waals surface area contributed by atoms with Gasteiger partial charge in [0, 0.05) is 34.9 Å². The first-order valence-corrected chi connectivity index (χ1v) is 6.37. The molecule has 1 aliphatic heterocycles. The zero-order chi connectivity index (χ0) is 11.3. The molecular formula is C12H18BrNO. The third-order valence-electron chi connectivity index (χ3n) is 3.60. The molecule has 0 unspecified atom stereocenters. The molecular weight excluding hydrogens is 254 g/mol. The molecule has 1 rings (SSSR count). The fourth-order valence-electron chi connectivity index (χ4n) is 2.33. The summed E-state index contributed by atoms with van der Waals surface area (Å²) in [6.45, 7) is 6.17. The molecule has 15 heavy (non-hydrogen) atoms. The Morgan fingerprint density at radius 1 is 1.47 bits per heavy atom. The number of likely N-dealkylation sites (tertiary alicyclic amines) is 1. The van der Waals surface area contributed by atoms with E-state index < -0.39 is 0 Å². The van der Waals surface area contributed by atoms with Gasteiger partial charge in [0.2, 0.25) is 0 Å². The van der Waals surface area contributed by atoms with Gasteiger partial charge in [-0.25, -0.2) is 0 Å². The van der Waals surface area contributed by atoms with Crippen molar-refractivity contribution in [3.05, 3.63) is 0 Å². The van der Waals surface area contributed by atoms with E-state index in [1.54, 1.807) is 0 Å². The van der Waals surface area contributed by atoms with Gasteiger partial charge >= 0.3 is 0 Å². The molecule has 0 saturated carbocycles. The molecule has 2 nitrogen and oxygen atoms in total. The Labute approximate surface area is 101 Å². The molecule has 1 amide bonds. The first-order chi connectivity index (χ1) is 7.17. The molecule has 0 aliphatic carbocycles. The molecule has 0 aromatic heterocycles. The highest BCUT2D eigenvalue weighted by Gasteiger charge is 2.33. The van der Waals surface area contributed by atoms with E-state index in [0.29, 0.717) is 5.41 Å². The van der Waals surface area contributed by atoms with Crippen LogP contribution in [0.3, 0.4) is 0 Å². The number of carbonyl (C=O) groups excluding carboxylic acids is 1. The maximum Gasteiger partial charge on any atom is 0.299 e. The zero-order valence-electron chi connectivity index (χ0n) is 9.48. The number of carbonyl (C=O) groups is 1. The Bertz CT molecular complexity index is 286. The third kappa shape index (κ3) is 2.98. The molecule has 0 radical (unpaired) electrons. The molecule has 1 fully saturated rings. The molecule has 0 spiro atoms. The molecule has 0 bridgehead atoms. The van der Waals surface area contributed by atoms with E-state index in [2.05, 4.69) is 40.5 Å². The lowest BCUT2D eigenvalue weighted by Gasteiger charge is -2.41. The monoisotopic (exact) mass is 271 g/mol. The molecule has 84 valence electrons. The average Bonchev–Trinajstić information content (AvgIpc) is 2.29. The van der Waals surface area contributed by atoms with Gasteiger partial charge in [-0.15, -0.1) is 0 Å². The largest absolute Gasteiger partial charge is 0.331 e. The van der Waals surface area contributed by atoms with Crippen LogP contribution in [-0.4, -0.2) is 23.9 Å². The Hall–Kier alpha value is -0.490. The lowest BCUT2D eigenvalue weighted by Crippen LogP contribution is -2.45. The van der Waals surface area contributed by atoms with Gasteiger partial charge in [0.15, 0.2) is 0 Å². The Morgan fingerprint density at radius 3 is 2.67 bits per heavy atom. The van der Waals surface area contributed by atoms with Gasteiger partial charge in [-0.3, -0.25) is 4.79 Å². The van der Waals surface area contributed by atoms with Gasteiger partial charge < -0.3 is 4.90 Å². The van der Waals surface area contributed by atoms with Crippen molar-refractivity contribution < 1.29 is 4.79 Å². The van der Waals surface area contributed by atoms with Crippen molar-refractivity contribution in [2.24, 2.45) is 5.41 Å². The highest BCUT2D eigenvalue weighted by molar-refractivity contribution is 9.12. The quantitative estimate of drug-likeness (QED) is 0.708. The van der Waals surface area contributed by atoms with E-state index in [-0.39, 0.29) is 5.91 Å². The maximum atomic E-state index is 11.6. The van der Waals surface area contributed by atoms with Gasteiger partial charge in [0.05, 0.1) is 0 Å². The van der Waals surface area contributed by atoms with Crippen LogP contribution in [-0.2, 0) is 4.79 Å². The summed E-state index contributed by atoms with van der Waals surface area (Å²) < 4.78 is 0. The summed E-state index contributed by atoms with van der Waals surface area (Å²) in [6.07, 6.45) is 4.65. The van der Waals surface area contributed by atoms with Crippen LogP contribution in [0, 0.1) is 16.2 Å². The summed E-state index contributed by atoms with van der Waals surface area (Å²) >= 11 is 2.97. The molecule has 3 heteroatoms. The van der Waals surface area contributed by atoms with Crippen LogP contribution in [0.1, 0.15) is 39.5 Å². The van der Waals surface area contributed by atoms with E-state index in [4.69, 9.17) is 0 Å². The van der Waals surface area contributed by atoms with Crippen LogP contribution < -0.4 is 0 Å². The van der Waals surface area contributed by atoms with Crippen LogP contribution in [0.2, 0.25) is 0 Å². The van der Waals surface area contributed by atoms with Crippen molar-refractivity contribution in [1.29, 1.82) is 0 Å². The van der Waals surface area contributed by atoms with Crippen molar-refractivity contribution in [3.63, 3.8) is 0 Å². The van der Waals surface area contributed by atoms with E-state index in [9.17, 15) is 4.79 Å². The second kappa shape index (κ2) is 5.55. The molecule has 0 atom stereocenters. The standard InChI is InChI=1S/C12H18BrNO/c1-3-12(4-2)7-5-9-14(10-12)11(15)6-8-13/h3-5,7,9-10H2,1-2H3. The summed E-state index contributed by atoms with van der Waals surface area (Å²) in [5.41, 5.74) is 0.335. The normalized spacial score (nSPS) is 19.3. The summed E-state index contributed by atoms with van der Waals surface area (Å²) in [6, 6.07) is 0. The summed E-state index contributed by atoms with van der Waals surface area (Å²) in [4.78, 5) is 16.0. The average molecular weight is 272 g/mol. The molecule has 1 saturated heterocycles. The number of piperidine rings is 1. The minimum atomic E-state index is -0.0437. The first kappa shape index (κ1) is 12.6. The van der Waals surface area contributed by atoms with Crippen LogP contribution in [0.25, 0.3) is 0 Å². The molecule has 0 aromatic carbocycles. The molecule has 1 heterocycles. The van der Waals surface area contributed by atoms with Crippen molar-refractivity contribution >= 4 is 21.8 Å². The smallest absolute Gasteiger partial charge is 0.299 e. The lowest BCUT2D eigenvalue weighted by atomic mass is 9.75. The van der Waals surface area contributed by atoms with E-state index in [1.165, 1.54) is 6.42 Å². The second-order valence-electron chi connectivity index (χ2n) is 4.26. The zero-order valence-corrected chi connectivity index (χ0v) is 11.1. The number of halogens is 1. The Kier molecular flexibility index (Phi) is 4.66.